The third-order valence-electron chi connectivity index (χ3n) is 2.12. The molecule has 0 aliphatic carbocycles. The molecule has 0 fully saturated rings. The highest BCUT2D eigenvalue weighted by Gasteiger charge is 2.15. The number of thiophene rings is 1. The number of rotatable bonds is 2. The van der Waals surface area contributed by atoms with E-state index in [1.54, 1.807) is 0 Å². The molecule has 16 heavy (non-hydrogen) atoms. The van der Waals surface area contributed by atoms with Crippen LogP contribution in [0, 0.1) is 10.5 Å². The molecule has 0 radical (unpaired) electrons. The van der Waals surface area contributed by atoms with Gasteiger partial charge in [0.05, 0.1) is 4.88 Å². The normalized spacial score (nSPS) is 10.4. The molecule has 0 amide bonds. The van der Waals surface area contributed by atoms with Crippen molar-refractivity contribution in [3.8, 4) is 0 Å². The van der Waals surface area contributed by atoms with Crippen molar-refractivity contribution in [2.24, 2.45) is 0 Å². The van der Waals surface area contributed by atoms with E-state index in [0.717, 1.165) is 23.4 Å². The Morgan fingerprint density at radius 2 is 1.94 bits per heavy atom. The van der Waals surface area contributed by atoms with Gasteiger partial charge in [0.2, 0.25) is 5.78 Å². The van der Waals surface area contributed by atoms with Gasteiger partial charge in [-0.3, -0.25) is 4.79 Å². The molecule has 1 nitrogen and oxygen atoms in total. The molecule has 82 valence electrons. The second-order valence-electron chi connectivity index (χ2n) is 3.37. The van der Waals surface area contributed by atoms with Gasteiger partial charge in [0, 0.05) is 18.5 Å². The van der Waals surface area contributed by atoms with Crippen LogP contribution in [0.1, 0.15) is 20.1 Å². The Hall–Kier alpha value is -0.200. The van der Waals surface area contributed by atoms with Gasteiger partial charge in [0.15, 0.2) is 0 Å². The number of benzene rings is 1. The summed E-state index contributed by atoms with van der Waals surface area (Å²) in [6, 6.07) is 9.60. The Labute approximate surface area is 120 Å². The molecule has 1 aromatic carbocycles. The number of hydrogen-bond donors (Lipinski definition) is 0. The molecular formula is C12H8BrIOS. The first kappa shape index (κ1) is 12.3. The maximum absolute atomic E-state index is 12.2. The molecule has 2 aromatic rings. The number of carbonyl (C=O) groups excluding carboxylic acids is 1. The summed E-state index contributed by atoms with van der Waals surface area (Å²) in [7, 11) is 0. The van der Waals surface area contributed by atoms with Crippen LogP contribution in [-0.4, -0.2) is 5.78 Å². The summed E-state index contributed by atoms with van der Waals surface area (Å²) in [5.74, 6) is 0.0846. The molecule has 0 saturated heterocycles. The molecule has 0 bridgehead atoms. The number of aryl methyl sites for hydroxylation is 1. The fraction of sp³-hybridized carbons (Fsp3) is 0.0833. The lowest BCUT2D eigenvalue weighted by Gasteiger charge is -1.99. The third kappa shape index (κ3) is 2.55. The fourth-order valence-corrected chi connectivity index (χ4v) is 3.51. The molecule has 0 atom stereocenters. The summed E-state index contributed by atoms with van der Waals surface area (Å²) in [6.45, 7) is 2.00. The Morgan fingerprint density at radius 3 is 2.44 bits per heavy atom. The second kappa shape index (κ2) is 4.98. The van der Waals surface area contributed by atoms with Crippen molar-refractivity contribution >= 4 is 55.6 Å². The van der Waals surface area contributed by atoms with E-state index in [-0.39, 0.29) is 5.78 Å². The van der Waals surface area contributed by atoms with Gasteiger partial charge in [-0.15, -0.1) is 11.3 Å². The van der Waals surface area contributed by atoms with Crippen LogP contribution >= 0.6 is 49.9 Å². The van der Waals surface area contributed by atoms with Gasteiger partial charge in [0.25, 0.3) is 0 Å². The monoisotopic (exact) mass is 406 g/mol. The van der Waals surface area contributed by atoms with Crippen molar-refractivity contribution in [3.05, 3.63) is 53.7 Å². The molecule has 1 aromatic heterocycles. The quantitative estimate of drug-likeness (QED) is 0.523. The zero-order valence-electron chi connectivity index (χ0n) is 8.46. The molecule has 0 saturated carbocycles. The second-order valence-corrected chi connectivity index (χ2v) is 6.73. The van der Waals surface area contributed by atoms with Gasteiger partial charge in [-0.1, -0.05) is 0 Å². The van der Waals surface area contributed by atoms with E-state index in [4.69, 9.17) is 0 Å². The smallest absolute Gasteiger partial charge is 0.204 e. The van der Waals surface area contributed by atoms with E-state index < -0.39 is 0 Å². The summed E-state index contributed by atoms with van der Waals surface area (Å²) in [5, 5.41) is 0. The standard InChI is InChI=1S/C12H8BrIOS/c1-7-6-10(13)12(16-7)11(15)8-2-4-9(14)5-3-8/h2-6H,1H3. The average Bonchev–Trinajstić information content (AvgIpc) is 2.58. The molecule has 0 unspecified atom stereocenters. The van der Waals surface area contributed by atoms with Crippen LogP contribution in [0.5, 0.6) is 0 Å². The molecule has 0 aliphatic rings. The van der Waals surface area contributed by atoms with Crippen LogP contribution in [0.25, 0.3) is 0 Å². The summed E-state index contributed by atoms with van der Waals surface area (Å²) in [4.78, 5) is 14.1. The molecule has 1 heterocycles. The summed E-state index contributed by atoms with van der Waals surface area (Å²) in [6.07, 6.45) is 0. The highest BCUT2D eigenvalue weighted by Crippen LogP contribution is 2.29. The molecule has 4 heteroatoms. The average molecular weight is 407 g/mol. The molecule has 0 aliphatic heterocycles. The minimum Gasteiger partial charge on any atom is -0.288 e. The van der Waals surface area contributed by atoms with Gasteiger partial charge in [-0.25, -0.2) is 0 Å². The van der Waals surface area contributed by atoms with Gasteiger partial charge >= 0.3 is 0 Å². The van der Waals surface area contributed by atoms with E-state index >= 15 is 0 Å². The van der Waals surface area contributed by atoms with Crippen LogP contribution < -0.4 is 0 Å². The first-order valence-corrected chi connectivity index (χ1v) is 7.33. The van der Waals surface area contributed by atoms with Gasteiger partial charge < -0.3 is 0 Å². The van der Waals surface area contributed by atoms with Crippen molar-refractivity contribution in [2.45, 2.75) is 6.92 Å². The lowest BCUT2D eigenvalue weighted by Crippen LogP contribution is -1.98. The van der Waals surface area contributed by atoms with Gasteiger partial charge in [-0.05, 0) is 75.8 Å². The van der Waals surface area contributed by atoms with Gasteiger partial charge in [-0.2, -0.15) is 0 Å². The zero-order valence-corrected chi connectivity index (χ0v) is 13.0. The van der Waals surface area contributed by atoms with Crippen LogP contribution in [0.15, 0.2) is 34.8 Å². The maximum Gasteiger partial charge on any atom is 0.204 e. The number of halogens is 2. The Balaban J connectivity index is 2.39. The van der Waals surface area contributed by atoms with Crippen molar-refractivity contribution in [3.63, 3.8) is 0 Å². The van der Waals surface area contributed by atoms with E-state index in [2.05, 4.69) is 38.5 Å². The van der Waals surface area contributed by atoms with Crippen molar-refractivity contribution in [2.75, 3.05) is 0 Å². The topological polar surface area (TPSA) is 17.1 Å². The van der Waals surface area contributed by atoms with E-state index in [9.17, 15) is 4.79 Å². The maximum atomic E-state index is 12.2. The third-order valence-corrected chi connectivity index (χ3v) is 4.78. The number of ketones is 1. The minimum absolute atomic E-state index is 0.0846. The predicted molar refractivity (Wildman–Crippen MR) is 79.3 cm³/mol. The lowest BCUT2D eigenvalue weighted by atomic mass is 10.1. The fourth-order valence-electron chi connectivity index (χ4n) is 1.37. The molecule has 0 spiro atoms. The lowest BCUT2D eigenvalue weighted by molar-refractivity contribution is 0.104. The van der Waals surface area contributed by atoms with Crippen molar-refractivity contribution in [1.82, 2.24) is 0 Å². The molecular weight excluding hydrogens is 399 g/mol. The zero-order chi connectivity index (χ0) is 11.7. The first-order chi connectivity index (χ1) is 7.58. The van der Waals surface area contributed by atoms with E-state index in [1.165, 1.54) is 11.3 Å². The van der Waals surface area contributed by atoms with Gasteiger partial charge in [0.1, 0.15) is 0 Å². The highest BCUT2D eigenvalue weighted by molar-refractivity contribution is 14.1. The Morgan fingerprint density at radius 1 is 1.31 bits per heavy atom. The van der Waals surface area contributed by atoms with E-state index in [0.29, 0.717) is 0 Å². The number of hydrogen-bond acceptors (Lipinski definition) is 2. The van der Waals surface area contributed by atoms with Crippen molar-refractivity contribution in [1.29, 1.82) is 0 Å². The minimum atomic E-state index is 0.0846. The summed E-state index contributed by atoms with van der Waals surface area (Å²) < 4.78 is 2.02. The summed E-state index contributed by atoms with van der Waals surface area (Å²) in [5.41, 5.74) is 0.739. The van der Waals surface area contributed by atoms with Crippen molar-refractivity contribution < 1.29 is 4.79 Å². The SMILES string of the molecule is Cc1cc(Br)c(C(=O)c2ccc(I)cc2)s1. The van der Waals surface area contributed by atoms with Crippen LogP contribution in [0.2, 0.25) is 0 Å². The van der Waals surface area contributed by atoms with Crippen LogP contribution in [0.4, 0.5) is 0 Å². The Kier molecular flexibility index (Phi) is 3.81. The van der Waals surface area contributed by atoms with E-state index in [1.807, 2.05) is 37.3 Å². The number of carbonyl (C=O) groups is 1. The first-order valence-electron chi connectivity index (χ1n) is 4.64. The van der Waals surface area contributed by atoms with Crippen LogP contribution in [0.3, 0.4) is 0 Å². The molecule has 0 N–H and O–H groups in total. The predicted octanol–water partition coefficient (Wildman–Crippen LogP) is 4.65. The molecule has 2 rings (SSSR count). The largest absolute Gasteiger partial charge is 0.288 e. The van der Waals surface area contributed by atoms with Crippen LogP contribution in [-0.2, 0) is 0 Å². The summed E-state index contributed by atoms with van der Waals surface area (Å²) >= 11 is 7.17. The Bertz CT molecular complexity index is 530. The highest BCUT2D eigenvalue weighted by atomic mass is 127.